The van der Waals surface area contributed by atoms with Crippen LogP contribution in [0.4, 0.5) is 10.6 Å². The molecule has 1 atom stereocenters. The molecule has 38 heavy (non-hydrogen) atoms. The van der Waals surface area contributed by atoms with Gasteiger partial charge in [0.15, 0.2) is 0 Å². The molecule has 2 saturated heterocycles. The molecule has 2 fully saturated rings. The first-order valence-corrected chi connectivity index (χ1v) is 13.1. The lowest BCUT2D eigenvalue weighted by Crippen LogP contribution is -2.65. The fourth-order valence-corrected chi connectivity index (χ4v) is 4.87. The minimum Gasteiger partial charge on any atom is -0.330 e. The number of nitrogens with one attached hydrogen (secondary N) is 1. The number of aromatic nitrogens is 2. The molecule has 0 saturated carbocycles. The first kappa shape index (κ1) is 27.7. The van der Waals surface area contributed by atoms with Crippen LogP contribution in [-0.4, -0.2) is 87.2 Å². The van der Waals surface area contributed by atoms with Gasteiger partial charge in [-0.3, -0.25) is 19.6 Å². The summed E-state index contributed by atoms with van der Waals surface area (Å²) >= 11 is 0. The van der Waals surface area contributed by atoms with E-state index in [-0.39, 0.29) is 31.4 Å². The van der Waals surface area contributed by atoms with Gasteiger partial charge in [-0.15, -0.1) is 0 Å². The average molecular weight is 526 g/mol. The number of nitrogens with two attached hydrogens (primary N) is 3. The number of amides is 3. The van der Waals surface area contributed by atoms with Gasteiger partial charge in [0.1, 0.15) is 5.82 Å². The Hall–Kier alpha value is -3.32. The van der Waals surface area contributed by atoms with Crippen molar-refractivity contribution in [3.63, 3.8) is 0 Å². The SMILES string of the molecule is CC(C)(N)C(=O)N1CCN(C(=O)Nc2ccn(-c3ccc(CN4CCC(CN)CC4)cc3)c(=O)n2)C[C@H]1N. The standard InChI is InChI=1S/C26H39N9O3/c1-26(2,29)23(36)35-14-13-33(17-21(35)28)24(37)30-22-9-12-34(25(38)31-22)20-5-3-19(4-6-20)16-32-10-7-18(15-27)8-11-32/h3-6,9,12,18,21H,7-8,10-11,13-17,27-29H2,1-2H3,(H,30,31,37,38)/t21-/m0/s1. The Labute approximate surface area is 222 Å². The number of carbonyl (C=O) groups is 2. The Kier molecular flexibility index (Phi) is 8.46. The Morgan fingerprint density at radius 3 is 2.34 bits per heavy atom. The maximum Gasteiger partial charge on any atom is 0.354 e. The normalized spacial score (nSPS) is 19.4. The number of benzene rings is 1. The highest BCUT2D eigenvalue weighted by atomic mass is 16.2. The van der Waals surface area contributed by atoms with Crippen molar-refractivity contribution in [2.45, 2.75) is 44.9 Å². The lowest BCUT2D eigenvalue weighted by atomic mass is 9.97. The van der Waals surface area contributed by atoms with Crippen molar-refractivity contribution in [3.8, 4) is 5.69 Å². The Morgan fingerprint density at radius 2 is 1.76 bits per heavy atom. The first-order valence-electron chi connectivity index (χ1n) is 13.1. The van der Waals surface area contributed by atoms with E-state index in [1.807, 2.05) is 24.3 Å². The summed E-state index contributed by atoms with van der Waals surface area (Å²) in [5.74, 6) is 0.502. The second-order valence-electron chi connectivity index (χ2n) is 10.8. The quantitative estimate of drug-likeness (QED) is 0.412. The predicted octanol–water partition coefficient (Wildman–Crippen LogP) is 0.101. The molecule has 1 aromatic heterocycles. The molecule has 4 rings (SSSR count). The summed E-state index contributed by atoms with van der Waals surface area (Å²) < 4.78 is 1.43. The van der Waals surface area contributed by atoms with E-state index in [4.69, 9.17) is 17.2 Å². The molecule has 0 bridgehead atoms. The zero-order chi connectivity index (χ0) is 27.4. The zero-order valence-electron chi connectivity index (χ0n) is 22.2. The number of likely N-dealkylation sites (tertiary alicyclic amines) is 1. The predicted molar refractivity (Wildman–Crippen MR) is 145 cm³/mol. The van der Waals surface area contributed by atoms with Crippen molar-refractivity contribution in [1.29, 1.82) is 0 Å². The highest BCUT2D eigenvalue weighted by Crippen LogP contribution is 2.19. The molecule has 2 aliphatic rings. The number of piperidine rings is 1. The minimum atomic E-state index is -1.04. The average Bonchev–Trinajstić information content (AvgIpc) is 2.89. The van der Waals surface area contributed by atoms with Crippen molar-refractivity contribution < 1.29 is 9.59 Å². The number of piperazine rings is 1. The van der Waals surface area contributed by atoms with Crippen molar-refractivity contribution in [2.24, 2.45) is 23.1 Å². The topological polar surface area (TPSA) is 169 Å². The minimum absolute atomic E-state index is 0.141. The molecule has 1 aromatic carbocycles. The van der Waals surface area contributed by atoms with E-state index in [0.717, 1.165) is 39.0 Å². The molecular weight excluding hydrogens is 486 g/mol. The van der Waals surface area contributed by atoms with Crippen LogP contribution < -0.4 is 28.2 Å². The highest BCUT2D eigenvalue weighted by Gasteiger charge is 2.35. The second-order valence-corrected chi connectivity index (χ2v) is 10.8. The summed E-state index contributed by atoms with van der Waals surface area (Å²) in [5.41, 5.74) is 18.2. The number of carbonyl (C=O) groups excluding carboxylic acids is 2. The molecule has 0 aliphatic carbocycles. The summed E-state index contributed by atoms with van der Waals surface area (Å²) in [6, 6.07) is 8.97. The Morgan fingerprint density at radius 1 is 1.08 bits per heavy atom. The molecule has 0 radical (unpaired) electrons. The third kappa shape index (κ3) is 6.57. The number of rotatable bonds is 6. The monoisotopic (exact) mass is 525 g/mol. The van der Waals surface area contributed by atoms with Gasteiger partial charge in [0.2, 0.25) is 5.91 Å². The van der Waals surface area contributed by atoms with E-state index in [1.165, 1.54) is 19.9 Å². The maximum absolute atomic E-state index is 12.8. The van der Waals surface area contributed by atoms with Gasteiger partial charge in [-0.05, 0) is 76.0 Å². The molecular formula is C26H39N9O3. The van der Waals surface area contributed by atoms with Crippen molar-refractivity contribution >= 4 is 17.8 Å². The number of urea groups is 1. The van der Waals surface area contributed by atoms with Crippen LogP contribution in [0.2, 0.25) is 0 Å². The lowest BCUT2D eigenvalue weighted by molar-refractivity contribution is -0.140. The fraction of sp³-hybridized carbons (Fsp3) is 0.538. The third-order valence-corrected chi connectivity index (χ3v) is 7.22. The van der Waals surface area contributed by atoms with Crippen LogP contribution in [0.5, 0.6) is 0 Å². The number of anilines is 1. The van der Waals surface area contributed by atoms with Gasteiger partial charge in [-0.1, -0.05) is 12.1 Å². The zero-order valence-corrected chi connectivity index (χ0v) is 22.2. The van der Waals surface area contributed by atoms with Crippen molar-refractivity contribution in [3.05, 3.63) is 52.6 Å². The molecule has 2 aliphatic heterocycles. The van der Waals surface area contributed by atoms with Gasteiger partial charge in [-0.25, -0.2) is 9.59 Å². The molecule has 3 heterocycles. The van der Waals surface area contributed by atoms with Crippen LogP contribution >= 0.6 is 0 Å². The van der Waals surface area contributed by atoms with Crippen LogP contribution in [0.1, 0.15) is 32.3 Å². The van der Waals surface area contributed by atoms with E-state index in [2.05, 4.69) is 15.2 Å². The molecule has 12 heteroatoms. The summed E-state index contributed by atoms with van der Waals surface area (Å²) in [4.78, 5) is 47.4. The fourth-order valence-electron chi connectivity index (χ4n) is 4.87. The summed E-state index contributed by atoms with van der Waals surface area (Å²) in [6.45, 7) is 7.66. The van der Waals surface area contributed by atoms with Gasteiger partial charge < -0.3 is 27.0 Å². The van der Waals surface area contributed by atoms with Crippen LogP contribution in [0.15, 0.2) is 41.3 Å². The smallest absolute Gasteiger partial charge is 0.330 e. The number of hydrogen-bond acceptors (Lipinski definition) is 8. The molecule has 3 amide bonds. The van der Waals surface area contributed by atoms with E-state index in [1.54, 1.807) is 26.1 Å². The molecule has 2 aromatic rings. The van der Waals surface area contributed by atoms with E-state index in [0.29, 0.717) is 11.6 Å². The molecule has 12 nitrogen and oxygen atoms in total. The van der Waals surface area contributed by atoms with Gasteiger partial charge in [0, 0.05) is 25.8 Å². The Balaban J connectivity index is 1.33. The van der Waals surface area contributed by atoms with Crippen LogP contribution in [0.3, 0.4) is 0 Å². The maximum atomic E-state index is 12.8. The Bertz CT molecular complexity index is 1180. The van der Waals surface area contributed by atoms with Crippen LogP contribution in [0.25, 0.3) is 5.69 Å². The third-order valence-electron chi connectivity index (χ3n) is 7.22. The van der Waals surface area contributed by atoms with Crippen LogP contribution in [-0.2, 0) is 11.3 Å². The molecule has 0 spiro atoms. The first-order chi connectivity index (χ1) is 18.0. The van der Waals surface area contributed by atoms with Crippen LogP contribution in [0, 0.1) is 5.92 Å². The summed E-state index contributed by atoms with van der Waals surface area (Å²) in [6.07, 6.45) is 3.18. The highest BCUT2D eigenvalue weighted by molar-refractivity contribution is 5.89. The van der Waals surface area contributed by atoms with Crippen molar-refractivity contribution in [1.82, 2.24) is 24.3 Å². The van der Waals surface area contributed by atoms with E-state index in [9.17, 15) is 14.4 Å². The molecule has 206 valence electrons. The van der Waals surface area contributed by atoms with Gasteiger partial charge in [-0.2, -0.15) is 4.98 Å². The molecule has 0 unspecified atom stereocenters. The number of hydrogen-bond donors (Lipinski definition) is 4. The lowest BCUT2D eigenvalue weighted by Gasteiger charge is -2.41. The van der Waals surface area contributed by atoms with E-state index < -0.39 is 23.4 Å². The summed E-state index contributed by atoms with van der Waals surface area (Å²) in [5, 5.41) is 2.65. The van der Waals surface area contributed by atoms with Gasteiger partial charge in [0.05, 0.1) is 23.9 Å². The van der Waals surface area contributed by atoms with E-state index >= 15 is 0 Å². The second kappa shape index (κ2) is 11.6. The largest absolute Gasteiger partial charge is 0.354 e. The summed E-state index contributed by atoms with van der Waals surface area (Å²) in [7, 11) is 0. The van der Waals surface area contributed by atoms with Crippen molar-refractivity contribution in [2.75, 3.05) is 44.6 Å². The molecule has 7 N–H and O–H groups in total. The number of nitrogens with zero attached hydrogens (tertiary/aromatic N) is 5. The van der Waals surface area contributed by atoms with Gasteiger partial charge in [0.25, 0.3) is 0 Å². The van der Waals surface area contributed by atoms with Gasteiger partial charge >= 0.3 is 11.7 Å².